The molecular weight excluding hydrogens is 466 g/mol. The van der Waals surface area contributed by atoms with E-state index in [4.69, 9.17) is 9.47 Å². The Morgan fingerprint density at radius 2 is 1.97 bits per heavy atom. The largest absolute Gasteiger partial charge is 0.496 e. The summed E-state index contributed by atoms with van der Waals surface area (Å²) in [6, 6.07) is 12.9. The molecule has 0 unspecified atom stereocenters. The first-order valence-corrected chi connectivity index (χ1v) is 10.4. The highest BCUT2D eigenvalue weighted by Gasteiger charge is 2.19. The van der Waals surface area contributed by atoms with Gasteiger partial charge in [0.15, 0.2) is 0 Å². The Morgan fingerprint density at radius 1 is 1.21 bits per heavy atom. The van der Waals surface area contributed by atoms with Gasteiger partial charge in [-0.25, -0.2) is 8.78 Å². The van der Waals surface area contributed by atoms with E-state index in [-0.39, 0.29) is 11.8 Å². The molecule has 1 aromatic heterocycles. The number of halogens is 3. The molecule has 3 aromatic rings. The third-order valence-corrected chi connectivity index (χ3v) is 5.00. The molecule has 0 radical (unpaired) electrons. The molecule has 10 heteroatoms. The van der Waals surface area contributed by atoms with Crippen molar-refractivity contribution in [3.63, 3.8) is 0 Å². The van der Waals surface area contributed by atoms with E-state index in [1.807, 2.05) is 30.3 Å². The third-order valence-electron chi connectivity index (χ3n) is 3.85. The Hall–Kier alpha value is -2.46. The first-order valence-electron chi connectivity index (χ1n) is 8.39. The highest BCUT2D eigenvalue weighted by Crippen LogP contribution is 2.24. The van der Waals surface area contributed by atoms with Gasteiger partial charge in [-0.05, 0) is 54.3 Å². The molecule has 0 spiro atoms. The van der Waals surface area contributed by atoms with Gasteiger partial charge in [-0.3, -0.25) is 0 Å². The monoisotopic (exact) mass is 482 g/mol. The predicted molar refractivity (Wildman–Crippen MR) is 111 cm³/mol. The summed E-state index contributed by atoms with van der Waals surface area (Å²) in [5.74, 6) is 0.865. The van der Waals surface area contributed by atoms with E-state index in [2.05, 4.69) is 31.2 Å². The zero-order valence-corrected chi connectivity index (χ0v) is 18.0. The Kier molecular flexibility index (Phi) is 7.21. The lowest BCUT2D eigenvalue weighted by Crippen LogP contribution is -2.02. The minimum Gasteiger partial charge on any atom is -0.496 e. The van der Waals surface area contributed by atoms with Crippen LogP contribution in [0.4, 0.5) is 8.78 Å². The molecule has 0 saturated heterocycles. The molecule has 0 atom stereocenters. The first-order chi connectivity index (χ1) is 14.0. The fourth-order valence-corrected chi connectivity index (χ4v) is 3.16. The number of alkyl halides is 2. The standard InChI is InChI=1S/C19H17BrF2N4O2S/c1-27-16-8-3-12(9-13(16)11-28-15-6-4-14(20)5-7-15)10-23-26-18(17(21)22)24-25-19(26)29-2/h3-10,17H,11H2,1-2H3/b23-10+. The van der Waals surface area contributed by atoms with Crippen LogP contribution in [-0.2, 0) is 6.61 Å². The fraction of sp³-hybridized carbons (Fsp3) is 0.211. The lowest BCUT2D eigenvalue weighted by Gasteiger charge is -2.11. The van der Waals surface area contributed by atoms with Crippen LogP contribution in [0, 0.1) is 0 Å². The number of methoxy groups -OCH3 is 1. The number of hydrogen-bond donors (Lipinski definition) is 0. The van der Waals surface area contributed by atoms with Gasteiger partial charge in [-0.2, -0.15) is 9.78 Å². The Bertz CT molecular complexity index is 996. The van der Waals surface area contributed by atoms with Gasteiger partial charge in [-0.15, -0.1) is 10.2 Å². The van der Waals surface area contributed by atoms with Crippen LogP contribution in [0.25, 0.3) is 0 Å². The van der Waals surface area contributed by atoms with Crippen LogP contribution in [0.3, 0.4) is 0 Å². The molecular formula is C19H17BrF2N4O2S. The highest BCUT2D eigenvalue weighted by molar-refractivity contribution is 9.10. The summed E-state index contributed by atoms with van der Waals surface area (Å²) < 4.78 is 39.4. The van der Waals surface area contributed by atoms with Crippen LogP contribution < -0.4 is 9.47 Å². The third kappa shape index (κ3) is 5.33. The number of thioether (sulfide) groups is 1. The van der Waals surface area contributed by atoms with Crippen LogP contribution in [0.1, 0.15) is 23.4 Å². The Labute approximate surface area is 179 Å². The molecule has 0 bridgehead atoms. The van der Waals surface area contributed by atoms with Crippen molar-refractivity contribution in [2.24, 2.45) is 5.10 Å². The van der Waals surface area contributed by atoms with Gasteiger partial charge in [0.2, 0.25) is 11.0 Å². The van der Waals surface area contributed by atoms with Crippen molar-refractivity contribution in [3.05, 3.63) is 63.9 Å². The number of aromatic nitrogens is 3. The molecule has 0 aliphatic carbocycles. The van der Waals surface area contributed by atoms with Crippen LogP contribution in [0.15, 0.2) is 57.2 Å². The van der Waals surface area contributed by atoms with Crippen molar-refractivity contribution < 1.29 is 18.3 Å². The van der Waals surface area contributed by atoms with Gasteiger partial charge in [0.25, 0.3) is 6.43 Å². The van der Waals surface area contributed by atoms with Crippen LogP contribution in [-0.4, -0.2) is 34.5 Å². The van der Waals surface area contributed by atoms with Crippen molar-refractivity contribution in [1.82, 2.24) is 14.9 Å². The van der Waals surface area contributed by atoms with Gasteiger partial charge in [-0.1, -0.05) is 27.7 Å². The van der Waals surface area contributed by atoms with E-state index in [0.29, 0.717) is 17.1 Å². The highest BCUT2D eigenvalue weighted by atomic mass is 79.9. The fourth-order valence-electron chi connectivity index (χ4n) is 2.46. The van der Waals surface area contributed by atoms with Gasteiger partial charge in [0.05, 0.1) is 13.3 Å². The van der Waals surface area contributed by atoms with Crippen molar-refractivity contribution in [2.45, 2.75) is 18.2 Å². The van der Waals surface area contributed by atoms with Crippen molar-refractivity contribution in [1.29, 1.82) is 0 Å². The maximum absolute atomic E-state index is 13.1. The summed E-state index contributed by atoms with van der Waals surface area (Å²) in [7, 11) is 1.57. The lowest BCUT2D eigenvalue weighted by atomic mass is 10.1. The van der Waals surface area contributed by atoms with E-state index in [9.17, 15) is 8.78 Å². The summed E-state index contributed by atoms with van der Waals surface area (Å²) in [5, 5.41) is 11.6. The zero-order valence-electron chi connectivity index (χ0n) is 15.6. The number of rotatable bonds is 8. The SMILES string of the molecule is COc1ccc(/C=N/n2c(SC)nnc2C(F)F)cc1COc1ccc(Br)cc1. The molecule has 0 aliphatic heterocycles. The Balaban J connectivity index is 1.82. The smallest absolute Gasteiger partial charge is 0.299 e. The molecule has 0 saturated carbocycles. The minimum absolute atomic E-state index is 0.275. The number of ether oxygens (including phenoxy) is 2. The maximum Gasteiger partial charge on any atom is 0.299 e. The van der Waals surface area contributed by atoms with Crippen LogP contribution in [0.5, 0.6) is 11.5 Å². The Morgan fingerprint density at radius 3 is 2.62 bits per heavy atom. The van der Waals surface area contributed by atoms with E-state index in [1.54, 1.807) is 25.5 Å². The van der Waals surface area contributed by atoms with E-state index < -0.39 is 12.2 Å². The zero-order chi connectivity index (χ0) is 20.8. The van der Waals surface area contributed by atoms with Crippen LogP contribution in [0.2, 0.25) is 0 Å². The van der Waals surface area contributed by atoms with Gasteiger partial charge >= 0.3 is 0 Å². The summed E-state index contributed by atoms with van der Waals surface area (Å²) in [4.78, 5) is 0. The number of benzene rings is 2. The molecule has 0 amide bonds. The summed E-state index contributed by atoms with van der Waals surface area (Å²) in [6.07, 6.45) is 0.416. The predicted octanol–water partition coefficient (Wildman–Crippen LogP) is 5.17. The molecule has 0 aliphatic rings. The van der Waals surface area contributed by atoms with Crippen LogP contribution >= 0.6 is 27.7 Å². The molecule has 0 fully saturated rings. The van der Waals surface area contributed by atoms with Crippen molar-refractivity contribution >= 4 is 33.9 Å². The molecule has 6 nitrogen and oxygen atoms in total. The molecule has 29 heavy (non-hydrogen) atoms. The topological polar surface area (TPSA) is 61.5 Å². The van der Waals surface area contributed by atoms with Crippen molar-refractivity contribution in [3.8, 4) is 11.5 Å². The summed E-state index contributed by atoms with van der Waals surface area (Å²) in [6.45, 7) is 0.275. The maximum atomic E-state index is 13.1. The molecule has 3 rings (SSSR count). The van der Waals surface area contributed by atoms with Gasteiger partial charge < -0.3 is 9.47 Å². The van der Waals surface area contributed by atoms with Crippen molar-refractivity contribution in [2.75, 3.05) is 13.4 Å². The lowest BCUT2D eigenvalue weighted by molar-refractivity contribution is 0.135. The van der Waals surface area contributed by atoms with Gasteiger partial charge in [0, 0.05) is 10.0 Å². The minimum atomic E-state index is -2.77. The number of hydrogen-bond acceptors (Lipinski definition) is 6. The first kappa shape index (κ1) is 21.3. The number of nitrogens with zero attached hydrogens (tertiary/aromatic N) is 4. The summed E-state index contributed by atoms with van der Waals surface area (Å²) >= 11 is 4.57. The second-order valence-electron chi connectivity index (χ2n) is 5.72. The second-order valence-corrected chi connectivity index (χ2v) is 7.40. The second kappa shape index (κ2) is 9.84. The molecule has 1 heterocycles. The molecule has 0 N–H and O–H groups in total. The molecule has 2 aromatic carbocycles. The van der Waals surface area contributed by atoms with E-state index in [0.717, 1.165) is 14.7 Å². The average Bonchev–Trinajstić information content (AvgIpc) is 3.15. The average molecular weight is 483 g/mol. The van der Waals surface area contributed by atoms with Gasteiger partial charge in [0.1, 0.15) is 18.1 Å². The molecule has 152 valence electrons. The normalized spacial score (nSPS) is 11.4. The van der Waals surface area contributed by atoms with E-state index in [1.165, 1.54) is 18.0 Å². The summed E-state index contributed by atoms with van der Waals surface area (Å²) in [5.41, 5.74) is 1.49. The quantitative estimate of drug-likeness (QED) is 0.327. The van der Waals surface area contributed by atoms with E-state index >= 15 is 0 Å².